The largest absolute Gasteiger partial charge is 0.307 e. The van der Waals surface area contributed by atoms with E-state index in [-0.39, 0.29) is 5.91 Å². The van der Waals surface area contributed by atoms with E-state index in [0.717, 1.165) is 0 Å². The summed E-state index contributed by atoms with van der Waals surface area (Å²) in [5, 5.41) is 2.69. The molecule has 0 saturated carbocycles. The highest BCUT2D eigenvalue weighted by molar-refractivity contribution is 6.06. The molecule has 2 rings (SSSR count). The maximum absolute atomic E-state index is 12.1. The predicted molar refractivity (Wildman–Crippen MR) is 73.4 cm³/mol. The van der Waals surface area contributed by atoms with Gasteiger partial charge in [0, 0.05) is 11.8 Å². The number of carbonyl (C=O) groups is 1. The van der Waals surface area contributed by atoms with E-state index in [1.807, 2.05) is 0 Å². The van der Waals surface area contributed by atoms with Crippen molar-refractivity contribution in [1.82, 2.24) is 4.98 Å². The number of nitrogens with zero attached hydrogens (tertiary/aromatic N) is 1. The third-order valence-corrected chi connectivity index (χ3v) is 2.44. The molecule has 2 aromatic rings. The summed E-state index contributed by atoms with van der Waals surface area (Å²) in [5.74, 6) is 0.207. The van der Waals surface area contributed by atoms with Gasteiger partial charge in [0.25, 0.3) is 5.91 Å². The van der Waals surface area contributed by atoms with Gasteiger partial charge in [-0.1, -0.05) is 30.3 Å². The first kappa shape index (κ1) is 12.7. The lowest BCUT2D eigenvalue weighted by molar-refractivity contribution is 0.102. The molecular formula is C15H11N2O2. The van der Waals surface area contributed by atoms with Crippen molar-refractivity contribution in [1.29, 1.82) is 0 Å². The molecule has 1 aromatic carbocycles. The lowest BCUT2D eigenvalue weighted by Crippen LogP contribution is -2.14. The van der Waals surface area contributed by atoms with Crippen LogP contribution < -0.4 is 5.32 Å². The van der Waals surface area contributed by atoms with E-state index < -0.39 is 0 Å². The smallest absolute Gasteiger partial charge is 0.257 e. The summed E-state index contributed by atoms with van der Waals surface area (Å²) in [5.41, 5.74) is 1.12. The van der Waals surface area contributed by atoms with Crippen LogP contribution in [-0.4, -0.2) is 17.2 Å². The van der Waals surface area contributed by atoms with Crippen LogP contribution in [0.5, 0.6) is 0 Å². The van der Waals surface area contributed by atoms with Crippen molar-refractivity contribution >= 4 is 24.1 Å². The normalized spacial score (nSPS) is 10.3. The quantitative estimate of drug-likeness (QED) is 0.849. The Hall–Kier alpha value is -2.75. The predicted octanol–water partition coefficient (Wildman–Crippen LogP) is 2.46. The van der Waals surface area contributed by atoms with Gasteiger partial charge >= 0.3 is 0 Å². The zero-order valence-electron chi connectivity index (χ0n) is 10.0. The summed E-state index contributed by atoms with van der Waals surface area (Å²) >= 11 is 0. The molecule has 0 bridgehead atoms. The molecule has 1 heterocycles. The molecule has 0 saturated heterocycles. The summed E-state index contributed by atoms with van der Waals surface area (Å²) < 4.78 is 0. The number of nitrogens with one attached hydrogen (secondary N) is 1. The highest BCUT2D eigenvalue weighted by atomic mass is 16.1. The number of amides is 1. The molecule has 0 fully saturated rings. The van der Waals surface area contributed by atoms with Gasteiger partial charge in [0.2, 0.25) is 6.29 Å². The summed E-state index contributed by atoms with van der Waals surface area (Å²) in [6.07, 6.45) is 6.03. The zero-order valence-corrected chi connectivity index (χ0v) is 10.0. The molecular weight excluding hydrogens is 240 g/mol. The van der Waals surface area contributed by atoms with Gasteiger partial charge in [-0.05, 0) is 29.8 Å². The molecule has 0 spiro atoms. The Morgan fingerprint density at radius 1 is 1.16 bits per heavy atom. The van der Waals surface area contributed by atoms with Gasteiger partial charge in [0.15, 0.2) is 0 Å². The molecule has 1 aromatic heterocycles. The summed E-state index contributed by atoms with van der Waals surface area (Å²) in [6.45, 7) is 0. The van der Waals surface area contributed by atoms with Crippen molar-refractivity contribution in [3.8, 4) is 0 Å². The molecule has 4 heteroatoms. The number of anilines is 1. The molecule has 0 aliphatic rings. The summed E-state index contributed by atoms with van der Waals surface area (Å²) in [4.78, 5) is 26.4. The highest BCUT2D eigenvalue weighted by Crippen LogP contribution is 2.12. The van der Waals surface area contributed by atoms with Gasteiger partial charge in [-0.2, -0.15) is 0 Å². The molecule has 1 amide bonds. The minimum atomic E-state index is -0.273. The van der Waals surface area contributed by atoms with Gasteiger partial charge in [-0.3, -0.25) is 9.59 Å². The first-order valence-corrected chi connectivity index (χ1v) is 5.67. The fourth-order valence-electron chi connectivity index (χ4n) is 1.59. The molecule has 4 nitrogen and oxygen atoms in total. The van der Waals surface area contributed by atoms with Crippen LogP contribution >= 0.6 is 0 Å². The van der Waals surface area contributed by atoms with E-state index in [4.69, 9.17) is 0 Å². The first-order chi connectivity index (χ1) is 9.31. The molecule has 0 atom stereocenters. The number of carbonyl (C=O) groups excluding carboxylic acids is 2. The molecule has 93 valence electrons. The minimum absolute atomic E-state index is 0.273. The van der Waals surface area contributed by atoms with E-state index in [1.54, 1.807) is 61.0 Å². The monoisotopic (exact) mass is 251 g/mol. The van der Waals surface area contributed by atoms with E-state index in [0.29, 0.717) is 16.9 Å². The number of allylic oxidation sites excluding steroid dienone is 1. The Bertz CT molecular complexity index is 607. The van der Waals surface area contributed by atoms with Crippen molar-refractivity contribution in [3.63, 3.8) is 0 Å². The molecule has 0 aliphatic carbocycles. The van der Waals surface area contributed by atoms with Crippen LogP contribution in [0.25, 0.3) is 6.08 Å². The van der Waals surface area contributed by atoms with Gasteiger partial charge in [-0.15, -0.1) is 0 Å². The molecule has 0 aliphatic heterocycles. The standard InChI is InChI=1S/C15H11N2O2/c18-11-5-7-12-6-1-2-8-13(12)15(19)17-14-9-3-4-10-16-14/h1-10H,(H,16,17,19)/b7-5+. The Balaban J connectivity index is 2.24. The van der Waals surface area contributed by atoms with Crippen molar-refractivity contribution in [2.75, 3.05) is 5.32 Å². The van der Waals surface area contributed by atoms with Crippen LogP contribution in [0, 0.1) is 0 Å². The molecule has 1 N–H and O–H groups in total. The number of hydrogen-bond donors (Lipinski definition) is 1. The first-order valence-electron chi connectivity index (χ1n) is 5.67. The molecule has 0 unspecified atom stereocenters. The van der Waals surface area contributed by atoms with Crippen molar-refractivity contribution in [2.24, 2.45) is 0 Å². The van der Waals surface area contributed by atoms with Crippen molar-refractivity contribution in [2.45, 2.75) is 0 Å². The lowest BCUT2D eigenvalue weighted by Gasteiger charge is -2.06. The topological polar surface area (TPSA) is 59.1 Å². The Morgan fingerprint density at radius 3 is 2.68 bits per heavy atom. The Morgan fingerprint density at radius 2 is 1.95 bits per heavy atom. The van der Waals surface area contributed by atoms with Crippen LogP contribution in [0.15, 0.2) is 54.7 Å². The van der Waals surface area contributed by atoms with E-state index in [9.17, 15) is 9.59 Å². The second-order valence-corrected chi connectivity index (χ2v) is 3.71. The summed E-state index contributed by atoms with van der Waals surface area (Å²) in [6, 6.07) is 12.2. The Labute approximate surface area is 110 Å². The molecule has 1 radical (unpaired) electrons. The second-order valence-electron chi connectivity index (χ2n) is 3.71. The average Bonchev–Trinajstić information content (AvgIpc) is 2.46. The van der Waals surface area contributed by atoms with Crippen molar-refractivity contribution < 1.29 is 9.59 Å². The SMILES string of the molecule is O=[C]/C=C/c1ccccc1C(=O)Nc1ccccn1. The number of benzene rings is 1. The van der Waals surface area contributed by atoms with Gasteiger partial charge in [0.1, 0.15) is 5.82 Å². The third-order valence-electron chi connectivity index (χ3n) is 2.44. The zero-order chi connectivity index (χ0) is 13.5. The van der Waals surface area contributed by atoms with E-state index >= 15 is 0 Å². The fraction of sp³-hybridized carbons (Fsp3) is 0. The third kappa shape index (κ3) is 3.35. The van der Waals surface area contributed by atoms with Crippen LogP contribution in [0.1, 0.15) is 15.9 Å². The maximum atomic E-state index is 12.1. The van der Waals surface area contributed by atoms with E-state index in [2.05, 4.69) is 10.3 Å². The Kier molecular flexibility index (Phi) is 4.18. The van der Waals surface area contributed by atoms with Gasteiger partial charge < -0.3 is 5.32 Å². The second kappa shape index (κ2) is 6.26. The lowest BCUT2D eigenvalue weighted by atomic mass is 10.1. The average molecular weight is 251 g/mol. The van der Waals surface area contributed by atoms with Crippen molar-refractivity contribution in [3.05, 3.63) is 65.9 Å². The molecule has 19 heavy (non-hydrogen) atoms. The minimum Gasteiger partial charge on any atom is -0.307 e. The van der Waals surface area contributed by atoms with Crippen LogP contribution in [-0.2, 0) is 4.79 Å². The fourth-order valence-corrected chi connectivity index (χ4v) is 1.59. The number of rotatable bonds is 4. The van der Waals surface area contributed by atoms with E-state index in [1.165, 1.54) is 6.08 Å². The highest BCUT2D eigenvalue weighted by Gasteiger charge is 2.09. The number of pyridine rings is 1. The van der Waals surface area contributed by atoms with Gasteiger partial charge in [-0.25, -0.2) is 4.98 Å². The number of hydrogen-bond acceptors (Lipinski definition) is 3. The maximum Gasteiger partial charge on any atom is 0.257 e. The van der Waals surface area contributed by atoms with Crippen LogP contribution in [0.4, 0.5) is 5.82 Å². The van der Waals surface area contributed by atoms with Crippen LogP contribution in [0.2, 0.25) is 0 Å². The summed E-state index contributed by atoms with van der Waals surface area (Å²) in [7, 11) is 0. The number of aromatic nitrogens is 1. The van der Waals surface area contributed by atoms with Gasteiger partial charge in [0.05, 0.1) is 0 Å². The van der Waals surface area contributed by atoms with Crippen LogP contribution in [0.3, 0.4) is 0 Å².